The lowest BCUT2D eigenvalue weighted by Crippen LogP contribution is -2.10. The first-order valence-electron chi connectivity index (χ1n) is 10.7. The molecule has 2 aromatic carbocycles. The number of hydrogen-bond acceptors (Lipinski definition) is 5. The maximum Gasteiger partial charge on any atom is 0.229 e. The van der Waals surface area contributed by atoms with Crippen molar-refractivity contribution in [3.05, 3.63) is 84.7 Å². The second kappa shape index (κ2) is 8.88. The van der Waals surface area contributed by atoms with E-state index < -0.39 is 10.0 Å². The van der Waals surface area contributed by atoms with E-state index >= 15 is 0 Å². The molecule has 0 aliphatic carbocycles. The van der Waals surface area contributed by atoms with Crippen LogP contribution in [0.15, 0.2) is 73.3 Å². The number of sulfonamides is 1. The zero-order chi connectivity index (χ0) is 24.6. The highest BCUT2D eigenvalue weighted by atomic mass is 32.2. The molecule has 3 heterocycles. The SMILES string of the molecule is COc1ccc(-c2cnc3[nH]cc(-c4cnn(Cc5cccc(F)c5)c4)c3c2)cc1NS(C)(=O)=O. The van der Waals surface area contributed by atoms with Crippen molar-refractivity contribution in [1.29, 1.82) is 0 Å². The third-order valence-corrected chi connectivity index (χ3v) is 6.13. The Morgan fingerprint density at radius 2 is 1.94 bits per heavy atom. The van der Waals surface area contributed by atoms with Crippen molar-refractivity contribution in [3.8, 4) is 28.0 Å². The van der Waals surface area contributed by atoms with Gasteiger partial charge in [0, 0.05) is 40.7 Å². The van der Waals surface area contributed by atoms with Gasteiger partial charge in [-0.25, -0.2) is 17.8 Å². The van der Waals surface area contributed by atoms with Crippen LogP contribution in [0, 0.1) is 5.82 Å². The van der Waals surface area contributed by atoms with Gasteiger partial charge in [-0.15, -0.1) is 0 Å². The highest BCUT2D eigenvalue weighted by Gasteiger charge is 2.14. The first kappa shape index (κ1) is 22.6. The van der Waals surface area contributed by atoms with Crippen molar-refractivity contribution in [1.82, 2.24) is 19.7 Å². The van der Waals surface area contributed by atoms with E-state index in [1.54, 1.807) is 35.3 Å². The largest absolute Gasteiger partial charge is 0.495 e. The maximum atomic E-state index is 13.5. The van der Waals surface area contributed by atoms with Crippen molar-refractivity contribution >= 4 is 26.7 Å². The number of hydrogen-bond donors (Lipinski definition) is 2. The molecule has 0 fully saturated rings. The van der Waals surface area contributed by atoms with Gasteiger partial charge in [0.1, 0.15) is 17.2 Å². The predicted octanol–water partition coefficient (Wildman–Crippen LogP) is 4.66. The molecule has 5 aromatic rings. The molecule has 35 heavy (non-hydrogen) atoms. The Kier molecular flexibility index (Phi) is 5.73. The molecule has 0 atom stereocenters. The molecule has 3 aromatic heterocycles. The molecule has 0 radical (unpaired) electrons. The van der Waals surface area contributed by atoms with Crippen LogP contribution in [0.3, 0.4) is 0 Å². The summed E-state index contributed by atoms with van der Waals surface area (Å²) in [7, 11) is -2.00. The Bertz CT molecular complexity index is 1640. The van der Waals surface area contributed by atoms with E-state index in [-0.39, 0.29) is 5.82 Å². The number of rotatable bonds is 7. The van der Waals surface area contributed by atoms with Crippen molar-refractivity contribution in [2.75, 3.05) is 18.1 Å². The number of pyridine rings is 1. The van der Waals surface area contributed by atoms with Crippen molar-refractivity contribution < 1.29 is 17.5 Å². The van der Waals surface area contributed by atoms with E-state index in [9.17, 15) is 12.8 Å². The van der Waals surface area contributed by atoms with E-state index in [0.29, 0.717) is 23.6 Å². The van der Waals surface area contributed by atoms with Crippen molar-refractivity contribution in [2.45, 2.75) is 6.54 Å². The number of ether oxygens (including phenoxy) is 1. The van der Waals surface area contributed by atoms with E-state index in [2.05, 4.69) is 19.8 Å². The Morgan fingerprint density at radius 3 is 2.71 bits per heavy atom. The normalized spacial score (nSPS) is 11.6. The predicted molar refractivity (Wildman–Crippen MR) is 133 cm³/mol. The number of fused-ring (bicyclic) bond motifs is 1. The van der Waals surface area contributed by atoms with Gasteiger partial charge in [-0.05, 0) is 41.5 Å². The summed E-state index contributed by atoms with van der Waals surface area (Å²) in [6.07, 6.45) is 8.35. The lowest BCUT2D eigenvalue weighted by molar-refractivity contribution is 0.417. The van der Waals surface area contributed by atoms with Gasteiger partial charge in [0.2, 0.25) is 10.0 Å². The quantitative estimate of drug-likeness (QED) is 0.345. The molecule has 8 nitrogen and oxygen atoms in total. The summed E-state index contributed by atoms with van der Waals surface area (Å²) in [6.45, 7) is 0.450. The van der Waals surface area contributed by atoms with Gasteiger partial charge in [-0.1, -0.05) is 18.2 Å². The van der Waals surface area contributed by atoms with Gasteiger partial charge >= 0.3 is 0 Å². The van der Waals surface area contributed by atoms with Crippen molar-refractivity contribution in [3.63, 3.8) is 0 Å². The fraction of sp³-hybridized carbons (Fsp3) is 0.120. The number of H-pyrrole nitrogens is 1. The third kappa shape index (κ3) is 4.87. The van der Waals surface area contributed by atoms with Gasteiger partial charge in [0.05, 0.1) is 31.8 Å². The zero-order valence-corrected chi connectivity index (χ0v) is 19.8. The average Bonchev–Trinajstić information content (AvgIpc) is 3.44. The number of benzene rings is 2. The number of aromatic amines is 1. The van der Waals surface area contributed by atoms with Crippen LogP contribution in [0.25, 0.3) is 33.3 Å². The van der Waals surface area contributed by atoms with E-state index in [1.165, 1.54) is 19.2 Å². The Morgan fingerprint density at radius 1 is 1.09 bits per heavy atom. The third-order valence-electron chi connectivity index (χ3n) is 5.54. The summed E-state index contributed by atoms with van der Waals surface area (Å²) < 4.78 is 46.6. The number of aromatic nitrogens is 4. The summed E-state index contributed by atoms with van der Waals surface area (Å²) in [5.74, 6) is 0.139. The second-order valence-corrected chi connectivity index (χ2v) is 9.92. The Hall–Kier alpha value is -4.18. The van der Waals surface area contributed by atoms with E-state index in [1.807, 2.05) is 30.6 Å². The number of halogens is 1. The summed E-state index contributed by atoms with van der Waals surface area (Å²) >= 11 is 0. The lowest BCUT2D eigenvalue weighted by atomic mass is 10.0. The molecule has 0 bridgehead atoms. The molecule has 0 saturated heterocycles. The summed E-state index contributed by atoms with van der Waals surface area (Å²) in [4.78, 5) is 7.72. The molecule has 5 rings (SSSR count). The van der Waals surface area contributed by atoms with Gasteiger partial charge in [0.15, 0.2) is 0 Å². The van der Waals surface area contributed by atoms with E-state index in [4.69, 9.17) is 4.74 Å². The van der Waals surface area contributed by atoms with Crippen LogP contribution in [0.2, 0.25) is 0 Å². The monoisotopic (exact) mass is 491 g/mol. The molecule has 2 N–H and O–H groups in total. The van der Waals surface area contributed by atoms with Crippen LogP contribution in [-0.2, 0) is 16.6 Å². The maximum absolute atomic E-state index is 13.5. The number of methoxy groups -OCH3 is 1. The minimum Gasteiger partial charge on any atom is -0.495 e. The van der Waals surface area contributed by atoms with Gasteiger partial charge < -0.3 is 9.72 Å². The smallest absolute Gasteiger partial charge is 0.229 e. The first-order valence-corrected chi connectivity index (χ1v) is 12.6. The van der Waals surface area contributed by atoms with Crippen LogP contribution in [0.1, 0.15) is 5.56 Å². The molecule has 178 valence electrons. The number of anilines is 1. The van der Waals surface area contributed by atoms with Gasteiger partial charge in [0.25, 0.3) is 0 Å². The highest BCUT2D eigenvalue weighted by Crippen LogP contribution is 2.34. The number of nitrogens with one attached hydrogen (secondary N) is 2. The first-order chi connectivity index (χ1) is 16.8. The average molecular weight is 492 g/mol. The lowest BCUT2D eigenvalue weighted by Gasteiger charge is -2.12. The minimum atomic E-state index is -3.48. The Balaban J connectivity index is 1.49. The summed E-state index contributed by atoms with van der Waals surface area (Å²) in [5, 5.41) is 5.32. The minimum absolute atomic E-state index is 0.279. The Labute approximate surface area is 201 Å². The molecule has 0 unspecified atom stereocenters. The van der Waals surface area contributed by atoms with Crippen molar-refractivity contribution in [2.24, 2.45) is 0 Å². The molecular weight excluding hydrogens is 469 g/mol. The molecule has 0 spiro atoms. The standard InChI is InChI=1S/C25H22FN5O3S/c1-34-24-7-6-17(10-23(24)30-35(2,32)33)18-9-21-22(13-28-25(21)27-11-18)19-12-29-31(15-19)14-16-4-3-5-20(26)8-16/h3-13,15,30H,14H2,1-2H3,(H,27,28). The van der Waals surface area contributed by atoms with Gasteiger partial charge in [-0.3, -0.25) is 9.40 Å². The summed E-state index contributed by atoms with van der Waals surface area (Å²) in [6, 6.07) is 13.7. The molecule has 0 aliphatic heterocycles. The molecule has 0 aliphatic rings. The highest BCUT2D eigenvalue weighted by molar-refractivity contribution is 7.92. The van der Waals surface area contributed by atoms with Crippen LogP contribution in [0.5, 0.6) is 5.75 Å². The fourth-order valence-electron chi connectivity index (χ4n) is 3.98. The number of nitrogens with zero attached hydrogens (tertiary/aromatic N) is 3. The van der Waals surface area contributed by atoms with E-state index in [0.717, 1.165) is 39.5 Å². The van der Waals surface area contributed by atoms with Crippen LogP contribution in [0.4, 0.5) is 10.1 Å². The van der Waals surface area contributed by atoms with Gasteiger partial charge in [-0.2, -0.15) is 5.10 Å². The second-order valence-electron chi connectivity index (χ2n) is 8.17. The van der Waals surface area contributed by atoms with Crippen LogP contribution >= 0.6 is 0 Å². The topological polar surface area (TPSA) is 102 Å². The zero-order valence-electron chi connectivity index (χ0n) is 19.0. The van der Waals surface area contributed by atoms with Crippen LogP contribution in [-0.4, -0.2) is 41.5 Å². The molecule has 0 saturated carbocycles. The van der Waals surface area contributed by atoms with Crippen LogP contribution < -0.4 is 9.46 Å². The molecular formula is C25H22FN5O3S. The molecule has 10 heteroatoms. The summed E-state index contributed by atoms with van der Waals surface area (Å²) in [5.41, 5.74) is 5.28. The fourth-order valence-corrected chi connectivity index (χ4v) is 4.54. The molecule has 0 amide bonds.